The molecule has 0 aliphatic carbocycles. The van der Waals surface area contributed by atoms with Crippen molar-refractivity contribution < 1.29 is 14.3 Å². The second kappa shape index (κ2) is 5.71. The summed E-state index contributed by atoms with van der Waals surface area (Å²) in [5.74, 6) is 1.35. The van der Waals surface area contributed by atoms with Crippen molar-refractivity contribution in [3.8, 4) is 5.75 Å². The van der Waals surface area contributed by atoms with E-state index in [0.29, 0.717) is 11.3 Å². The number of methoxy groups -OCH3 is 2. The molecule has 0 atom stereocenters. The Labute approximate surface area is 129 Å². The lowest BCUT2D eigenvalue weighted by molar-refractivity contribution is 0.0600. The summed E-state index contributed by atoms with van der Waals surface area (Å²) in [6.45, 7) is 4.17. The second-order valence-corrected chi connectivity index (χ2v) is 5.27. The minimum absolute atomic E-state index is 0.333. The molecule has 6 heteroatoms. The van der Waals surface area contributed by atoms with Gasteiger partial charge in [0.15, 0.2) is 0 Å². The number of hydrogen-bond donors (Lipinski definition) is 0. The van der Waals surface area contributed by atoms with Crippen LogP contribution in [-0.2, 0) is 17.8 Å². The molecule has 2 aromatic rings. The predicted octanol–water partition coefficient (Wildman–Crippen LogP) is 2.01. The van der Waals surface area contributed by atoms with Crippen molar-refractivity contribution in [3.05, 3.63) is 41.1 Å². The fraction of sp³-hybridized carbons (Fsp3) is 0.375. The van der Waals surface area contributed by atoms with Crippen molar-refractivity contribution in [2.24, 2.45) is 0 Å². The zero-order valence-corrected chi connectivity index (χ0v) is 13.0. The number of fused-ring (bicyclic) bond motifs is 1. The number of carbonyl (C=O) groups is 1. The normalized spacial score (nSPS) is 13.1. The Morgan fingerprint density at radius 3 is 2.59 bits per heavy atom. The molecule has 0 amide bonds. The van der Waals surface area contributed by atoms with Crippen molar-refractivity contribution in [1.82, 2.24) is 9.78 Å². The number of benzene rings is 1. The van der Waals surface area contributed by atoms with Gasteiger partial charge in [-0.05, 0) is 24.6 Å². The molecule has 0 radical (unpaired) electrons. The van der Waals surface area contributed by atoms with Gasteiger partial charge >= 0.3 is 5.97 Å². The number of aromatic nitrogens is 2. The molecule has 0 unspecified atom stereocenters. The van der Waals surface area contributed by atoms with Crippen LogP contribution in [0.2, 0.25) is 0 Å². The van der Waals surface area contributed by atoms with Gasteiger partial charge in [-0.25, -0.2) is 9.48 Å². The summed E-state index contributed by atoms with van der Waals surface area (Å²) < 4.78 is 11.9. The van der Waals surface area contributed by atoms with Crippen LogP contribution in [0.3, 0.4) is 0 Å². The molecule has 0 saturated carbocycles. The number of anilines is 1. The number of rotatable bonds is 4. The van der Waals surface area contributed by atoms with Gasteiger partial charge in [-0.15, -0.1) is 0 Å². The van der Waals surface area contributed by atoms with Gasteiger partial charge in [0, 0.05) is 13.1 Å². The summed E-state index contributed by atoms with van der Waals surface area (Å²) in [7, 11) is 3.05. The molecule has 2 heterocycles. The lowest BCUT2D eigenvalue weighted by Gasteiger charge is -2.18. The monoisotopic (exact) mass is 301 g/mol. The number of hydrogen-bond acceptors (Lipinski definition) is 5. The van der Waals surface area contributed by atoms with Gasteiger partial charge in [0.2, 0.25) is 0 Å². The molecule has 0 saturated heterocycles. The highest BCUT2D eigenvalue weighted by Gasteiger charge is 2.30. The molecule has 0 fully saturated rings. The van der Waals surface area contributed by atoms with Crippen LogP contribution in [0.25, 0.3) is 0 Å². The molecular formula is C16H19N3O3. The summed E-state index contributed by atoms with van der Waals surface area (Å²) >= 11 is 0. The van der Waals surface area contributed by atoms with E-state index in [2.05, 4.69) is 10.00 Å². The Hall–Kier alpha value is -2.50. The maximum atomic E-state index is 12.0. The van der Waals surface area contributed by atoms with Gasteiger partial charge in [0.25, 0.3) is 0 Å². The van der Waals surface area contributed by atoms with Crippen molar-refractivity contribution in [3.63, 3.8) is 0 Å². The van der Waals surface area contributed by atoms with Crippen LogP contribution in [-0.4, -0.2) is 36.5 Å². The third-order valence-electron chi connectivity index (χ3n) is 3.90. The van der Waals surface area contributed by atoms with Crippen molar-refractivity contribution in [1.29, 1.82) is 0 Å². The lowest BCUT2D eigenvalue weighted by atomic mass is 10.2. The van der Waals surface area contributed by atoms with Crippen LogP contribution in [0.4, 0.5) is 5.82 Å². The number of nitrogens with zero attached hydrogens (tertiary/aromatic N) is 3. The van der Waals surface area contributed by atoms with Crippen LogP contribution in [0.15, 0.2) is 24.3 Å². The van der Waals surface area contributed by atoms with Crippen molar-refractivity contribution in [2.45, 2.75) is 20.0 Å². The van der Waals surface area contributed by atoms with E-state index in [0.717, 1.165) is 36.8 Å². The fourth-order valence-corrected chi connectivity index (χ4v) is 2.81. The summed E-state index contributed by atoms with van der Waals surface area (Å²) in [4.78, 5) is 14.2. The van der Waals surface area contributed by atoms with E-state index in [4.69, 9.17) is 9.47 Å². The SMILES string of the molecule is COC(=O)c1c(C)nn2c1N(Cc1ccc(OC)cc1)CC2. The summed E-state index contributed by atoms with van der Waals surface area (Å²) in [6, 6.07) is 7.94. The smallest absolute Gasteiger partial charge is 0.343 e. The van der Waals surface area contributed by atoms with E-state index in [1.165, 1.54) is 7.11 Å². The zero-order chi connectivity index (χ0) is 15.7. The molecule has 116 valence electrons. The third-order valence-corrected chi connectivity index (χ3v) is 3.90. The molecule has 0 spiro atoms. The number of aryl methyl sites for hydroxylation is 1. The Morgan fingerprint density at radius 2 is 1.95 bits per heavy atom. The van der Waals surface area contributed by atoms with E-state index in [9.17, 15) is 4.79 Å². The Morgan fingerprint density at radius 1 is 1.23 bits per heavy atom. The number of carbonyl (C=O) groups excluding carboxylic acids is 1. The average Bonchev–Trinajstić information content (AvgIpc) is 3.06. The largest absolute Gasteiger partial charge is 0.497 e. The maximum Gasteiger partial charge on any atom is 0.343 e. The van der Waals surface area contributed by atoms with Crippen molar-refractivity contribution in [2.75, 3.05) is 25.7 Å². The minimum atomic E-state index is -0.333. The van der Waals surface area contributed by atoms with E-state index in [-0.39, 0.29) is 5.97 Å². The maximum absolute atomic E-state index is 12.0. The first kappa shape index (κ1) is 14.4. The first-order valence-corrected chi connectivity index (χ1v) is 7.17. The van der Waals surface area contributed by atoms with Gasteiger partial charge < -0.3 is 14.4 Å². The fourth-order valence-electron chi connectivity index (χ4n) is 2.81. The Kier molecular flexibility index (Phi) is 3.75. The standard InChI is InChI=1S/C16H19N3O3/c1-11-14(16(20)22-3)15-18(8-9-19(15)17-11)10-12-4-6-13(21-2)7-5-12/h4-7H,8-10H2,1-3H3. The highest BCUT2D eigenvalue weighted by molar-refractivity contribution is 5.96. The quantitative estimate of drug-likeness (QED) is 0.809. The second-order valence-electron chi connectivity index (χ2n) is 5.27. The topological polar surface area (TPSA) is 56.6 Å². The Bertz CT molecular complexity index is 691. The van der Waals surface area contributed by atoms with Crippen LogP contribution in [0.5, 0.6) is 5.75 Å². The van der Waals surface area contributed by atoms with E-state index in [1.807, 2.05) is 35.9 Å². The zero-order valence-electron chi connectivity index (χ0n) is 13.0. The van der Waals surface area contributed by atoms with Gasteiger partial charge in [0.1, 0.15) is 17.1 Å². The third kappa shape index (κ3) is 2.41. The molecule has 1 aromatic heterocycles. The van der Waals surface area contributed by atoms with E-state index < -0.39 is 0 Å². The van der Waals surface area contributed by atoms with Gasteiger partial charge in [-0.3, -0.25) is 0 Å². The lowest BCUT2D eigenvalue weighted by Crippen LogP contribution is -2.22. The molecule has 0 bridgehead atoms. The highest BCUT2D eigenvalue weighted by atomic mass is 16.5. The van der Waals surface area contributed by atoms with Crippen LogP contribution in [0.1, 0.15) is 21.6 Å². The van der Waals surface area contributed by atoms with Gasteiger partial charge in [-0.1, -0.05) is 12.1 Å². The first-order valence-electron chi connectivity index (χ1n) is 7.17. The van der Waals surface area contributed by atoms with Crippen molar-refractivity contribution >= 4 is 11.8 Å². The minimum Gasteiger partial charge on any atom is -0.497 e. The Balaban J connectivity index is 1.88. The first-order chi connectivity index (χ1) is 10.6. The molecule has 1 aliphatic heterocycles. The highest BCUT2D eigenvalue weighted by Crippen LogP contribution is 2.30. The molecule has 1 aromatic carbocycles. The molecule has 0 N–H and O–H groups in total. The molecule has 22 heavy (non-hydrogen) atoms. The van der Waals surface area contributed by atoms with Crippen LogP contribution < -0.4 is 9.64 Å². The summed E-state index contributed by atoms with van der Waals surface area (Å²) in [5, 5.41) is 4.43. The van der Waals surface area contributed by atoms with E-state index in [1.54, 1.807) is 7.11 Å². The summed E-state index contributed by atoms with van der Waals surface area (Å²) in [5.41, 5.74) is 2.43. The van der Waals surface area contributed by atoms with Gasteiger partial charge in [-0.2, -0.15) is 5.10 Å². The molecule has 1 aliphatic rings. The summed E-state index contributed by atoms with van der Waals surface area (Å²) in [6.07, 6.45) is 0. The van der Waals surface area contributed by atoms with Crippen LogP contribution >= 0.6 is 0 Å². The van der Waals surface area contributed by atoms with Crippen LogP contribution in [0, 0.1) is 6.92 Å². The molecular weight excluding hydrogens is 282 g/mol. The van der Waals surface area contributed by atoms with E-state index >= 15 is 0 Å². The predicted molar refractivity (Wildman–Crippen MR) is 82.3 cm³/mol. The molecule has 3 rings (SSSR count). The molecule has 6 nitrogen and oxygen atoms in total. The number of esters is 1. The number of ether oxygens (including phenoxy) is 2. The van der Waals surface area contributed by atoms with Gasteiger partial charge in [0.05, 0.1) is 26.5 Å². The average molecular weight is 301 g/mol.